The van der Waals surface area contributed by atoms with Gasteiger partial charge in [0.2, 0.25) is 0 Å². The van der Waals surface area contributed by atoms with E-state index < -0.39 is 5.82 Å². The Morgan fingerprint density at radius 1 is 1.36 bits per heavy atom. The number of hydrazine groups is 1. The third-order valence-corrected chi connectivity index (χ3v) is 1.75. The van der Waals surface area contributed by atoms with Crippen LogP contribution in [0, 0.1) is 5.82 Å². The van der Waals surface area contributed by atoms with Crippen LogP contribution in [0.4, 0.5) is 10.1 Å². The van der Waals surface area contributed by atoms with Crippen molar-refractivity contribution in [3.05, 3.63) is 28.0 Å². The van der Waals surface area contributed by atoms with E-state index in [4.69, 9.17) is 29.0 Å². The van der Waals surface area contributed by atoms with Gasteiger partial charge in [-0.25, -0.2) is 4.39 Å². The Balaban J connectivity index is 3.24. The first kappa shape index (κ1) is 8.59. The lowest BCUT2D eigenvalue weighted by Gasteiger charge is -2.03. The third-order valence-electron chi connectivity index (χ3n) is 1.15. The van der Waals surface area contributed by atoms with Crippen LogP contribution in [0.1, 0.15) is 0 Å². The lowest BCUT2D eigenvalue weighted by atomic mass is 10.3. The maximum Gasteiger partial charge on any atom is 0.145 e. The molecule has 0 bridgehead atoms. The highest BCUT2D eigenvalue weighted by molar-refractivity contribution is 6.35. The summed E-state index contributed by atoms with van der Waals surface area (Å²) in [7, 11) is 0. The number of rotatable bonds is 1. The Hall–Kier alpha value is -0.510. The molecule has 0 aromatic heterocycles. The molecule has 2 nitrogen and oxygen atoms in total. The fourth-order valence-corrected chi connectivity index (χ4v) is 1.03. The smallest absolute Gasteiger partial charge is 0.145 e. The number of nitrogen functional groups attached to an aromatic ring is 1. The lowest BCUT2D eigenvalue weighted by molar-refractivity contribution is 0.629. The zero-order chi connectivity index (χ0) is 8.43. The molecule has 0 heterocycles. The molecule has 0 unspecified atom stereocenters. The standard InChI is InChI=1S/C6H5Cl2FN2/c7-3-1-4(9)6(8)5(2-3)11-10/h1-2,11H,10H2. The fraction of sp³-hybridized carbons (Fsp3) is 0. The van der Waals surface area contributed by atoms with Crippen molar-refractivity contribution in [1.82, 2.24) is 0 Å². The van der Waals surface area contributed by atoms with Crippen LogP contribution < -0.4 is 11.3 Å². The molecule has 0 fully saturated rings. The van der Waals surface area contributed by atoms with Crippen molar-refractivity contribution in [2.75, 3.05) is 5.43 Å². The van der Waals surface area contributed by atoms with Gasteiger partial charge in [-0.2, -0.15) is 0 Å². The van der Waals surface area contributed by atoms with E-state index in [1.165, 1.54) is 6.07 Å². The molecule has 5 heteroatoms. The molecule has 11 heavy (non-hydrogen) atoms. The third kappa shape index (κ3) is 1.74. The molecule has 0 atom stereocenters. The van der Waals surface area contributed by atoms with Crippen LogP contribution in [-0.4, -0.2) is 0 Å². The predicted molar refractivity (Wildman–Crippen MR) is 44.2 cm³/mol. The van der Waals surface area contributed by atoms with Crippen LogP contribution >= 0.6 is 23.2 Å². The summed E-state index contributed by atoms with van der Waals surface area (Å²) in [5.41, 5.74) is 2.50. The van der Waals surface area contributed by atoms with E-state index in [1.54, 1.807) is 0 Å². The highest BCUT2D eigenvalue weighted by atomic mass is 35.5. The van der Waals surface area contributed by atoms with Crippen molar-refractivity contribution >= 4 is 28.9 Å². The molecular weight excluding hydrogens is 190 g/mol. The Morgan fingerprint density at radius 3 is 2.55 bits per heavy atom. The normalized spacial score (nSPS) is 9.82. The Labute approximate surface area is 73.1 Å². The summed E-state index contributed by atoms with van der Waals surface area (Å²) in [5.74, 6) is 4.44. The van der Waals surface area contributed by atoms with Crippen LogP contribution in [0.3, 0.4) is 0 Å². The summed E-state index contributed by atoms with van der Waals surface area (Å²) in [5, 5.41) is 0.191. The molecule has 0 saturated carbocycles. The maximum absolute atomic E-state index is 12.7. The topological polar surface area (TPSA) is 38.0 Å². The highest BCUT2D eigenvalue weighted by Gasteiger charge is 2.06. The minimum Gasteiger partial charge on any atom is -0.323 e. The first-order valence-corrected chi connectivity index (χ1v) is 3.52. The van der Waals surface area contributed by atoms with E-state index in [0.717, 1.165) is 6.07 Å². The fourth-order valence-electron chi connectivity index (χ4n) is 0.661. The molecule has 0 saturated heterocycles. The number of halogens is 3. The van der Waals surface area contributed by atoms with Crippen LogP contribution in [0.25, 0.3) is 0 Å². The first-order valence-electron chi connectivity index (χ1n) is 2.76. The maximum atomic E-state index is 12.7. The van der Waals surface area contributed by atoms with E-state index in [2.05, 4.69) is 5.43 Å². The summed E-state index contributed by atoms with van der Waals surface area (Å²) in [6.07, 6.45) is 0. The molecule has 60 valence electrons. The molecule has 0 spiro atoms. The first-order chi connectivity index (χ1) is 5.15. The average molecular weight is 195 g/mol. The van der Waals surface area contributed by atoms with Crippen molar-refractivity contribution < 1.29 is 4.39 Å². The second kappa shape index (κ2) is 3.26. The number of hydrogen-bond donors (Lipinski definition) is 2. The van der Waals surface area contributed by atoms with Gasteiger partial charge in [-0.3, -0.25) is 5.84 Å². The van der Waals surface area contributed by atoms with Gasteiger partial charge in [-0.1, -0.05) is 23.2 Å². The zero-order valence-corrected chi connectivity index (χ0v) is 6.88. The Morgan fingerprint density at radius 2 is 2.00 bits per heavy atom. The molecule has 1 rings (SSSR count). The van der Waals surface area contributed by atoms with Crippen molar-refractivity contribution in [3.8, 4) is 0 Å². The van der Waals surface area contributed by atoms with Crippen LogP contribution in [-0.2, 0) is 0 Å². The molecule has 0 aliphatic rings. The summed E-state index contributed by atoms with van der Waals surface area (Å²) in [6, 6.07) is 2.55. The molecular formula is C6H5Cl2FN2. The number of nitrogens with one attached hydrogen (secondary N) is 1. The van der Waals surface area contributed by atoms with Crippen LogP contribution in [0.15, 0.2) is 12.1 Å². The zero-order valence-electron chi connectivity index (χ0n) is 5.37. The number of benzene rings is 1. The molecule has 0 aliphatic carbocycles. The monoisotopic (exact) mass is 194 g/mol. The van der Waals surface area contributed by atoms with Gasteiger partial charge >= 0.3 is 0 Å². The van der Waals surface area contributed by atoms with E-state index in [1.807, 2.05) is 0 Å². The molecule has 1 aromatic rings. The molecule has 1 aromatic carbocycles. The minimum absolute atomic E-state index is 0.0584. The quantitative estimate of drug-likeness (QED) is 0.410. The van der Waals surface area contributed by atoms with Crippen LogP contribution in [0.2, 0.25) is 10.0 Å². The van der Waals surface area contributed by atoms with Gasteiger partial charge < -0.3 is 5.43 Å². The van der Waals surface area contributed by atoms with Gasteiger partial charge in [0, 0.05) is 5.02 Å². The van der Waals surface area contributed by atoms with Gasteiger partial charge in [-0.15, -0.1) is 0 Å². The largest absolute Gasteiger partial charge is 0.323 e. The Kier molecular flexibility index (Phi) is 2.54. The summed E-state index contributed by atoms with van der Waals surface area (Å²) in [6.45, 7) is 0. The van der Waals surface area contributed by atoms with Crippen molar-refractivity contribution in [2.45, 2.75) is 0 Å². The van der Waals surface area contributed by atoms with E-state index in [9.17, 15) is 4.39 Å². The predicted octanol–water partition coefficient (Wildman–Crippen LogP) is 2.42. The van der Waals surface area contributed by atoms with E-state index in [0.29, 0.717) is 0 Å². The van der Waals surface area contributed by atoms with Crippen molar-refractivity contribution in [2.24, 2.45) is 5.84 Å². The van der Waals surface area contributed by atoms with Crippen molar-refractivity contribution in [1.29, 1.82) is 0 Å². The van der Waals surface area contributed by atoms with E-state index >= 15 is 0 Å². The number of anilines is 1. The molecule has 0 aliphatic heterocycles. The Bertz CT molecular complexity index is 278. The van der Waals surface area contributed by atoms with Gasteiger partial charge in [0.15, 0.2) is 0 Å². The number of hydrogen-bond acceptors (Lipinski definition) is 2. The van der Waals surface area contributed by atoms with E-state index in [-0.39, 0.29) is 15.7 Å². The minimum atomic E-state index is -0.591. The van der Waals surface area contributed by atoms with Crippen molar-refractivity contribution in [3.63, 3.8) is 0 Å². The van der Waals surface area contributed by atoms with Gasteiger partial charge in [0.25, 0.3) is 0 Å². The van der Waals surface area contributed by atoms with Crippen LogP contribution in [0.5, 0.6) is 0 Å². The molecule has 3 N–H and O–H groups in total. The highest BCUT2D eigenvalue weighted by Crippen LogP contribution is 2.27. The second-order valence-electron chi connectivity index (χ2n) is 1.89. The van der Waals surface area contributed by atoms with Gasteiger partial charge in [-0.05, 0) is 12.1 Å². The van der Waals surface area contributed by atoms with Gasteiger partial charge in [0.1, 0.15) is 10.8 Å². The summed E-state index contributed by atoms with van der Waals surface area (Å²) >= 11 is 11.0. The summed E-state index contributed by atoms with van der Waals surface area (Å²) < 4.78 is 12.7. The molecule has 0 radical (unpaired) electrons. The lowest BCUT2D eigenvalue weighted by Crippen LogP contribution is -2.07. The summed E-state index contributed by atoms with van der Waals surface area (Å²) in [4.78, 5) is 0. The van der Waals surface area contributed by atoms with Gasteiger partial charge in [0.05, 0.1) is 5.69 Å². The SMILES string of the molecule is NNc1cc(Cl)cc(F)c1Cl. The second-order valence-corrected chi connectivity index (χ2v) is 2.71. The molecule has 0 amide bonds. The number of nitrogens with two attached hydrogens (primary N) is 1. The average Bonchev–Trinajstić information content (AvgIpc) is 1.96.